The predicted molar refractivity (Wildman–Crippen MR) is 117 cm³/mol. The number of aromatic nitrogens is 2. The number of nitrogens with zero attached hydrogens (tertiary/aromatic N) is 2. The van der Waals surface area contributed by atoms with E-state index in [0.29, 0.717) is 22.9 Å². The molecule has 1 aromatic heterocycles. The molecule has 1 heterocycles. The zero-order valence-corrected chi connectivity index (χ0v) is 16.7. The Hall–Kier alpha value is -3.61. The molecule has 0 saturated carbocycles. The van der Waals surface area contributed by atoms with Crippen LogP contribution in [0.5, 0.6) is 0 Å². The van der Waals surface area contributed by atoms with Crippen molar-refractivity contribution < 1.29 is 4.79 Å². The summed E-state index contributed by atoms with van der Waals surface area (Å²) >= 11 is 0. The summed E-state index contributed by atoms with van der Waals surface area (Å²) in [4.78, 5) is 20.7. The molecule has 7 nitrogen and oxygen atoms in total. The Morgan fingerprint density at radius 1 is 1.03 bits per heavy atom. The molecule has 0 fully saturated rings. The van der Waals surface area contributed by atoms with Crippen molar-refractivity contribution in [2.24, 2.45) is 0 Å². The lowest BCUT2D eigenvalue weighted by molar-refractivity contribution is 0.0962. The fourth-order valence-electron chi connectivity index (χ4n) is 2.88. The summed E-state index contributed by atoms with van der Waals surface area (Å²) in [6.07, 6.45) is 4.81. The summed E-state index contributed by atoms with van der Waals surface area (Å²) in [5.74, 6) is 0.524. The summed E-state index contributed by atoms with van der Waals surface area (Å²) in [6, 6.07) is 15.5. The number of carbonyl (C=O) groups is 1. The minimum Gasteiger partial charge on any atom is -0.393 e. The van der Waals surface area contributed by atoms with Crippen LogP contribution in [0.2, 0.25) is 0 Å². The summed E-state index contributed by atoms with van der Waals surface area (Å²) in [7, 11) is 0. The van der Waals surface area contributed by atoms with E-state index in [1.54, 1.807) is 6.07 Å². The van der Waals surface area contributed by atoms with Crippen molar-refractivity contribution in [3.05, 3.63) is 71.5 Å². The quantitative estimate of drug-likeness (QED) is 0.430. The van der Waals surface area contributed by atoms with Gasteiger partial charge in [-0.1, -0.05) is 43.7 Å². The van der Waals surface area contributed by atoms with Gasteiger partial charge in [-0.15, -0.1) is 0 Å². The minimum absolute atomic E-state index is 0.265. The summed E-state index contributed by atoms with van der Waals surface area (Å²) < 4.78 is 0. The van der Waals surface area contributed by atoms with Crippen LogP contribution in [0.25, 0.3) is 0 Å². The van der Waals surface area contributed by atoms with Crippen LogP contribution in [0.1, 0.15) is 41.3 Å². The van der Waals surface area contributed by atoms with Crippen molar-refractivity contribution in [3.8, 4) is 0 Å². The van der Waals surface area contributed by atoms with Crippen LogP contribution in [0.15, 0.2) is 54.9 Å². The fraction of sp³-hybridized carbons (Fsp3) is 0.227. The van der Waals surface area contributed by atoms with E-state index in [9.17, 15) is 4.79 Å². The molecule has 0 atom stereocenters. The smallest absolute Gasteiger partial charge is 0.269 e. The first kappa shape index (κ1) is 20.1. The normalized spacial score (nSPS) is 10.4. The molecular formula is C22H26N6O. The van der Waals surface area contributed by atoms with Gasteiger partial charge in [0, 0.05) is 11.3 Å². The Labute approximate surface area is 170 Å². The number of aryl methyl sites for hydroxylation is 2. The van der Waals surface area contributed by atoms with Crippen LogP contribution in [0.3, 0.4) is 0 Å². The number of unbranched alkanes of at least 4 members (excludes halogenated alkanes) is 1. The zero-order valence-electron chi connectivity index (χ0n) is 16.7. The Morgan fingerprint density at radius 3 is 2.48 bits per heavy atom. The molecule has 0 saturated heterocycles. The van der Waals surface area contributed by atoms with E-state index in [-0.39, 0.29) is 5.91 Å². The maximum absolute atomic E-state index is 12.4. The second-order valence-corrected chi connectivity index (χ2v) is 6.80. The van der Waals surface area contributed by atoms with Crippen molar-refractivity contribution in [2.45, 2.75) is 33.1 Å². The van der Waals surface area contributed by atoms with Crippen LogP contribution in [0, 0.1) is 6.92 Å². The van der Waals surface area contributed by atoms with E-state index in [1.807, 2.05) is 37.3 Å². The molecule has 0 aliphatic rings. The maximum atomic E-state index is 12.4. The number of hydrogen-bond donors (Lipinski definition) is 4. The van der Waals surface area contributed by atoms with Gasteiger partial charge in [0.25, 0.3) is 5.91 Å². The Balaban J connectivity index is 1.66. The largest absolute Gasteiger partial charge is 0.393 e. The lowest BCUT2D eigenvalue weighted by atomic mass is 10.1. The lowest BCUT2D eigenvalue weighted by Gasteiger charge is -2.14. The van der Waals surface area contributed by atoms with Gasteiger partial charge in [-0.25, -0.2) is 9.97 Å². The molecule has 0 spiro atoms. The van der Waals surface area contributed by atoms with Gasteiger partial charge in [0.15, 0.2) is 11.6 Å². The van der Waals surface area contributed by atoms with Crippen LogP contribution in [-0.4, -0.2) is 15.9 Å². The fourth-order valence-corrected chi connectivity index (χ4v) is 2.88. The topological polar surface area (TPSA) is 105 Å². The predicted octanol–water partition coefficient (Wildman–Crippen LogP) is 4.21. The van der Waals surface area contributed by atoms with E-state index in [0.717, 1.165) is 17.7 Å². The molecule has 0 aliphatic carbocycles. The Bertz CT molecular complexity index is 971. The lowest BCUT2D eigenvalue weighted by Crippen LogP contribution is -2.30. The number of nitrogens with two attached hydrogens (primary N) is 1. The van der Waals surface area contributed by atoms with Gasteiger partial charge in [-0.05, 0) is 49.1 Å². The molecular weight excluding hydrogens is 364 g/mol. The molecule has 1 amide bonds. The highest BCUT2D eigenvalue weighted by Crippen LogP contribution is 2.25. The van der Waals surface area contributed by atoms with Gasteiger partial charge < -0.3 is 11.1 Å². The average Bonchev–Trinajstić information content (AvgIpc) is 2.74. The van der Waals surface area contributed by atoms with E-state index < -0.39 is 0 Å². The number of rotatable bonds is 8. The van der Waals surface area contributed by atoms with Gasteiger partial charge in [-0.2, -0.15) is 0 Å². The number of amides is 1. The molecule has 29 heavy (non-hydrogen) atoms. The molecule has 5 N–H and O–H groups in total. The Kier molecular flexibility index (Phi) is 6.63. The molecule has 7 heteroatoms. The van der Waals surface area contributed by atoms with Crippen molar-refractivity contribution in [1.29, 1.82) is 0 Å². The highest BCUT2D eigenvalue weighted by atomic mass is 16.2. The zero-order chi connectivity index (χ0) is 20.6. The number of hydrogen-bond acceptors (Lipinski definition) is 6. The van der Waals surface area contributed by atoms with Gasteiger partial charge in [-0.3, -0.25) is 15.6 Å². The van der Waals surface area contributed by atoms with Crippen molar-refractivity contribution in [3.63, 3.8) is 0 Å². The van der Waals surface area contributed by atoms with Crippen LogP contribution in [-0.2, 0) is 6.42 Å². The summed E-state index contributed by atoms with van der Waals surface area (Å²) in [5.41, 5.74) is 15.5. The maximum Gasteiger partial charge on any atom is 0.269 e. The van der Waals surface area contributed by atoms with Crippen LogP contribution in [0.4, 0.5) is 23.0 Å². The Morgan fingerprint density at radius 2 is 1.76 bits per heavy atom. The second-order valence-electron chi connectivity index (χ2n) is 6.80. The van der Waals surface area contributed by atoms with E-state index in [1.165, 1.54) is 24.7 Å². The number of anilines is 4. The number of nitrogen functional groups attached to an aromatic ring is 1. The van der Waals surface area contributed by atoms with E-state index in [2.05, 4.69) is 45.2 Å². The van der Waals surface area contributed by atoms with Crippen molar-refractivity contribution >= 4 is 28.9 Å². The third-order valence-corrected chi connectivity index (χ3v) is 4.60. The first-order valence-electron chi connectivity index (χ1n) is 9.67. The van der Waals surface area contributed by atoms with Gasteiger partial charge in [0.1, 0.15) is 12.0 Å². The standard InChI is InChI=1S/C22H26N6O/c1-3-4-8-16-10-12-17(13-11-16)26-20-19(23)21(25-14-24-20)27-28-22(29)18-9-6-5-7-15(18)2/h5-7,9-14H,3-4,8,23H2,1-2H3,(H,28,29)(H2,24,25,26,27). The molecule has 150 valence electrons. The minimum atomic E-state index is -0.265. The highest BCUT2D eigenvalue weighted by molar-refractivity contribution is 5.96. The third kappa shape index (κ3) is 5.22. The number of hydrazine groups is 1. The van der Waals surface area contributed by atoms with E-state index >= 15 is 0 Å². The molecule has 0 bridgehead atoms. The molecule has 0 radical (unpaired) electrons. The highest BCUT2D eigenvalue weighted by Gasteiger charge is 2.11. The summed E-state index contributed by atoms with van der Waals surface area (Å²) in [5, 5.41) is 3.20. The molecule has 2 aromatic carbocycles. The molecule has 3 rings (SSSR count). The number of benzene rings is 2. The first-order valence-corrected chi connectivity index (χ1v) is 9.67. The van der Waals surface area contributed by atoms with Crippen molar-refractivity contribution in [1.82, 2.24) is 15.4 Å². The number of nitrogens with one attached hydrogen (secondary N) is 3. The molecule has 0 aliphatic heterocycles. The van der Waals surface area contributed by atoms with Crippen molar-refractivity contribution in [2.75, 3.05) is 16.5 Å². The SMILES string of the molecule is CCCCc1ccc(Nc2ncnc(NNC(=O)c3ccccc3C)c2N)cc1. The third-order valence-electron chi connectivity index (χ3n) is 4.60. The molecule has 0 unspecified atom stereocenters. The van der Waals surface area contributed by atoms with Gasteiger partial charge >= 0.3 is 0 Å². The average molecular weight is 390 g/mol. The van der Waals surface area contributed by atoms with E-state index in [4.69, 9.17) is 5.73 Å². The number of carbonyl (C=O) groups excluding carboxylic acids is 1. The monoisotopic (exact) mass is 390 g/mol. The summed E-state index contributed by atoms with van der Waals surface area (Å²) in [6.45, 7) is 4.06. The first-order chi connectivity index (χ1) is 14.1. The van der Waals surface area contributed by atoms with Gasteiger partial charge in [0.2, 0.25) is 0 Å². The van der Waals surface area contributed by atoms with Gasteiger partial charge in [0.05, 0.1) is 0 Å². The second kappa shape index (κ2) is 9.54. The molecule has 3 aromatic rings. The van der Waals surface area contributed by atoms with Crippen LogP contribution >= 0.6 is 0 Å². The van der Waals surface area contributed by atoms with Crippen LogP contribution < -0.4 is 21.9 Å².